The van der Waals surface area contributed by atoms with Crippen LogP contribution in [-0.4, -0.2) is 69.2 Å². The zero-order valence-electron chi connectivity index (χ0n) is 20.4. The normalized spacial score (nSPS) is 10.7. The molecule has 0 aliphatic heterocycles. The lowest BCUT2D eigenvalue weighted by Gasteiger charge is -2.27. The second-order valence-electron chi connectivity index (χ2n) is 7.88. The molecule has 2 aromatic heterocycles. The fourth-order valence-corrected chi connectivity index (χ4v) is 4.37. The summed E-state index contributed by atoms with van der Waals surface area (Å²) < 4.78 is 21.2. The number of methoxy groups -OCH3 is 3. The summed E-state index contributed by atoms with van der Waals surface area (Å²) in [4.78, 5) is 30.8. The number of rotatable bonds is 14. The van der Waals surface area contributed by atoms with Gasteiger partial charge in [0.25, 0.3) is 5.91 Å². The van der Waals surface area contributed by atoms with Gasteiger partial charge >= 0.3 is 0 Å². The lowest BCUT2D eigenvalue weighted by molar-refractivity contribution is -0.132. The lowest BCUT2D eigenvalue weighted by Crippen LogP contribution is -2.43. The number of carbonyl (C=O) groups is 2. The molecule has 0 bridgehead atoms. The van der Waals surface area contributed by atoms with Crippen LogP contribution in [0.15, 0.2) is 58.5 Å². The Kier molecular flexibility index (Phi) is 10.2. The fraction of sp³-hybridized carbons (Fsp3) is 0.385. The van der Waals surface area contributed by atoms with Gasteiger partial charge in [-0.25, -0.2) is 0 Å². The zero-order valence-corrected chi connectivity index (χ0v) is 21.2. The standard InChI is InChI=1S/C26H32N2O6S/c1-31-14-6-12-28(26(30)23-8-4-15-34-23)19-25(29)27(18-21-7-5-16-35-21)13-11-20-9-10-22(32-2)24(17-20)33-3/h4-5,7-10,15-17H,6,11-14,18-19H2,1-3H3. The van der Waals surface area contributed by atoms with Crippen molar-refractivity contribution in [3.63, 3.8) is 0 Å². The van der Waals surface area contributed by atoms with Crippen molar-refractivity contribution >= 4 is 23.2 Å². The van der Waals surface area contributed by atoms with Crippen LogP contribution >= 0.6 is 11.3 Å². The molecule has 0 unspecified atom stereocenters. The highest BCUT2D eigenvalue weighted by atomic mass is 32.1. The van der Waals surface area contributed by atoms with E-state index in [1.54, 1.807) is 49.7 Å². The van der Waals surface area contributed by atoms with Crippen molar-refractivity contribution in [2.24, 2.45) is 0 Å². The van der Waals surface area contributed by atoms with Gasteiger partial charge in [0, 0.05) is 31.7 Å². The predicted octanol–water partition coefficient (Wildman–Crippen LogP) is 4.11. The number of hydrogen-bond acceptors (Lipinski definition) is 7. The Morgan fingerprint density at radius 3 is 2.46 bits per heavy atom. The number of ether oxygens (including phenoxy) is 3. The number of nitrogens with zero attached hydrogens (tertiary/aromatic N) is 2. The first-order chi connectivity index (χ1) is 17.0. The van der Waals surface area contributed by atoms with E-state index in [1.165, 1.54) is 11.2 Å². The molecular formula is C26H32N2O6S. The van der Waals surface area contributed by atoms with Crippen molar-refractivity contribution < 1.29 is 28.2 Å². The van der Waals surface area contributed by atoms with Crippen molar-refractivity contribution in [3.8, 4) is 11.5 Å². The van der Waals surface area contributed by atoms with E-state index in [-0.39, 0.29) is 24.1 Å². The minimum Gasteiger partial charge on any atom is -0.493 e. The molecule has 3 rings (SSSR count). The van der Waals surface area contributed by atoms with Gasteiger partial charge < -0.3 is 28.4 Å². The van der Waals surface area contributed by atoms with E-state index in [2.05, 4.69) is 0 Å². The highest BCUT2D eigenvalue weighted by Crippen LogP contribution is 2.28. The molecule has 1 aromatic carbocycles. The molecule has 0 radical (unpaired) electrons. The van der Waals surface area contributed by atoms with Crippen molar-refractivity contribution in [1.82, 2.24) is 9.80 Å². The molecule has 2 amide bonds. The number of benzene rings is 1. The summed E-state index contributed by atoms with van der Waals surface area (Å²) in [5, 5.41) is 1.99. The summed E-state index contributed by atoms with van der Waals surface area (Å²) in [6, 6.07) is 13.0. The van der Waals surface area contributed by atoms with Crippen molar-refractivity contribution in [2.75, 3.05) is 47.6 Å². The van der Waals surface area contributed by atoms with Gasteiger partial charge in [-0.05, 0) is 54.1 Å². The average molecular weight is 501 g/mol. The van der Waals surface area contributed by atoms with Crippen LogP contribution < -0.4 is 9.47 Å². The summed E-state index contributed by atoms with van der Waals surface area (Å²) in [5.41, 5.74) is 1.02. The molecule has 35 heavy (non-hydrogen) atoms. The first-order valence-electron chi connectivity index (χ1n) is 11.4. The molecule has 3 aromatic rings. The Morgan fingerprint density at radius 2 is 1.80 bits per heavy atom. The lowest BCUT2D eigenvalue weighted by atomic mass is 10.1. The van der Waals surface area contributed by atoms with E-state index in [4.69, 9.17) is 18.6 Å². The molecule has 0 N–H and O–H groups in total. The number of furan rings is 1. The molecule has 0 aliphatic rings. The number of carbonyl (C=O) groups excluding carboxylic acids is 2. The minimum absolute atomic E-state index is 0.0411. The van der Waals surface area contributed by atoms with Crippen LogP contribution in [0.3, 0.4) is 0 Å². The number of hydrogen-bond donors (Lipinski definition) is 0. The van der Waals surface area contributed by atoms with Crippen LogP contribution in [0, 0.1) is 0 Å². The Labute approximate surface area is 210 Å². The van der Waals surface area contributed by atoms with E-state index in [1.807, 2.05) is 35.7 Å². The Bertz CT molecular complexity index is 1050. The summed E-state index contributed by atoms with van der Waals surface area (Å²) in [7, 11) is 4.81. The van der Waals surface area contributed by atoms with E-state index >= 15 is 0 Å². The minimum atomic E-state index is -0.310. The van der Waals surface area contributed by atoms with Crippen LogP contribution in [0.2, 0.25) is 0 Å². The van der Waals surface area contributed by atoms with E-state index in [0.29, 0.717) is 50.6 Å². The monoisotopic (exact) mass is 500 g/mol. The Balaban J connectivity index is 1.74. The van der Waals surface area contributed by atoms with Crippen LogP contribution in [0.5, 0.6) is 11.5 Å². The predicted molar refractivity (Wildman–Crippen MR) is 134 cm³/mol. The Hall–Kier alpha value is -3.30. The van der Waals surface area contributed by atoms with Crippen LogP contribution in [0.25, 0.3) is 0 Å². The molecular weight excluding hydrogens is 468 g/mol. The van der Waals surface area contributed by atoms with Gasteiger partial charge in [0.15, 0.2) is 17.3 Å². The first kappa shape index (κ1) is 26.3. The highest BCUT2D eigenvalue weighted by molar-refractivity contribution is 7.09. The second kappa shape index (κ2) is 13.6. The molecule has 9 heteroatoms. The van der Waals surface area contributed by atoms with E-state index < -0.39 is 0 Å². The van der Waals surface area contributed by atoms with Gasteiger partial charge in [0.05, 0.1) is 27.0 Å². The number of amides is 2. The second-order valence-corrected chi connectivity index (χ2v) is 8.92. The third-order valence-corrected chi connectivity index (χ3v) is 6.38. The Morgan fingerprint density at radius 1 is 0.971 bits per heavy atom. The topological polar surface area (TPSA) is 81.5 Å². The SMILES string of the molecule is COCCCN(CC(=O)N(CCc1ccc(OC)c(OC)c1)Cc1cccs1)C(=O)c1ccco1. The van der Waals surface area contributed by atoms with E-state index in [0.717, 1.165) is 10.4 Å². The molecule has 188 valence electrons. The summed E-state index contributed by atoms with van der Waals surface area (Å²) in [6.07, 6.45) is 2.70. The maximum absolute atomic E-state index is 13.5. The molecule has 0 fully saturated rings. The smallest absolute Gasteiger partial charge is 0.290 e. The van der Waals surface area contributed by atoms with Crippen LogP contribution in [-0.2, 0) is 22.5 Å². The van der Waals surface area contributed by atoms with Gasteiger partial charge in [-0.15, -0.1) is 11.3 Å². The van der Waals surface area contributed by atoms with Gasteiger partial charge in [-0.1, -0.05) is 12.1 Å². The summed E-state index contributed by atoms with van der Waals surface area (Å²) in [5.74, 6) is 1.08. The van der Waals surface area contributed by atoms with Crippen molar-refractivity contribution in [2.45, 2.75) is 19.4 Å². The largest absolute Gasteiger partial charge is 0.493 e. The first-order valence-corrected chi connectivity index (χ1v) is 12.3. The molecule has 0 atom stereocenters. The molecule has 0 saturated carbocycles. The maximum Gasteiger partial charge on any atom is 0.290 e. The van der Waals surface area contributed by atoms with Gasteiger partial charge in [0.2, 0.25) is 5.91 Å². The third kappa shape index (κ3) is 7.60. The average Bonchev–Trinajstić information content (AvgIpc) is 3.60. The van der Waals surface area contributed by atoms with Crippen LogP contribution in [0.4, 0.5) is 0 Å². The molecule has 2 heterocycles. The fourth-order valence-electron chi connectivity index (χ4n) is 3.65. The van der Waals surface area contributed by atoms with Gasteiger partial charge in [-0.3, -0.25) is 9.59 Å². The van der Waals surface area contributed by atoms with Gasteiger partial charge in [-0.2, -0.15) is 0 Å². The molecule has 8 nitrogen and oxygen atoms in total. The van der Waals surface area contributed by atoms with Gasteiger partial charge in [0.1, 0.15) is 6.54 Å². The molecule has 0 spiro atoms. The summed E-state index contributed by atoms with van der Waals surface area (Å²) >= 11 is 1.60. The quantitative estimate of drug-likeness (QED) is 0.310. The maximum atomic E-state index is 13.5. The molecule has 0 saturated heterocycles. The zero-order chi connectivity index (χ0) is 25.0. The number of thiophene rings is 1. The molecule has 0 aliphatic carbocycles. The summed E-state index contributed by atoms with van der Waals surface area (Å²) in [6.45, 7) is 1.81. The van der Waals surface area contributed by atoms with E-state index in [9.17, 15) is 9.59 Å². The highest BCUT2D eigenvalue weighted by Gasteiger charge is 2.24. The third-order valence-electron chi connectivity index (χ3n) is 5.52. The van der Waals surface area contributed by atoms with Crippen molar-refractivity contribution in [1.29, 1.82) is 0 Å². The van der Waals surface area contributed by atoms with Crippen molar-refractivity contribution in [3.05, 3.63) is 70.3 Å². The van der Waals surface area contributed by atoms with Crippen LogP contribution in [0.1, 0.15) is 27.4 Å².